The number of benzene rings is 2. The lowest BCUT2D eigenvalue weighted by Crippen LogP contribution is -1.99. The first-order valence-corrected chi connectivity index (χ1v) is 6.21. The summed E-state index contributed by atoms with van der Waals surface area (Å²) in [7, 11) is 0. The summed E-state index contributed by atoms with van der Waals surface area (Å²) < 4.78 is 0. The molecule has 0 aliphatic heterocycles. The molecular formula is C17H16O3. The predicted molar refractivity (Wildman–Crippen MR) is 79.5 cm³/mol. The summed E-state index contributed by atoms with van der Waals surface area (Å²) in [5.74, 6) is 0.297. The molecule has 0 aromatic heterocycles. The van der Waals surface area contributed by atoms with Gasteiger partial charge in [-0.2, -0.15) is 0 Å². The monoisotopic (exact) mass is 268 g/mol. The topological polar surface area (TPSA) is 60.7 Å². The van der Waals surface area contributed by atoms with E-state index >= 15 is 0 Å². The highest BCUT2D eigenvalue weighted by molar-refractivity contribution is 5.59. The average molecular weight is 268 g/mol. The second kappa shape index (κ2) is 6.08. The van der Waals surface area contributed by atoms with Crippen LogP contribution in [0, 0.1) is 0 Å². The maximum atomic E-state index is 10.3. The van der Waals surface area contributed by atoms with E-state index in [4.69, 9.17) is 0 Å². The molecule has 2 rings (SSSR count). The van der Waals surface area contributed by atoms with Crippen LogP contribution >= 0.6 is 0 Å². The zero-order chi connectivity index (χ0) is 14.5. The second-order valence-corrected chi connectivity index (χ2v) is 4.41. The molecule has 0 saturated carbocycles. The van der Waals surface area contributed by atoms with Crippen LogP contribution in [0.3, 0.4) is 0 Å². The lowest BCUT2D eigenvalue weighted by molar-refractivity contribution is 0.220. The third kappa shape index (κ3) is 3.08. The molecule has 0 bridgehead atoms. The number of aromatic hydroxyl groups is 2. The van der Waals surface area contributed by atoms with Crippen molar-refractivity contribution in [1.29, 1.82) is 0 Å². The van der Waals surface area contributed by atoms with E-state index in [9.17, 15) is 15.3 Å². The Morgan fingerprint density at radius 2 is 1.60 bits per heavy atom. The van der Waals surface area contributed by atoms with Gasteiger partial charge in [0.15, 0.2) is 0 Å². The molecule has 0 radical (unpaired) electrons. The Hall–Kier alpha value is -2.52. The van der Waals surface area contributed by atoms with Gasteiger partial charge in [-0.25, -0.2) is 0 Å². The van der Waals surface area contributed by atoms with Crippen molar-refractivity contribution in [3.63, 3.8) is 0 Å². The van der Waals surface area contributed by atoms with E-state index in [-0.39, 0.29) is 11.5 Å². The second-order valence-electron chi connectivity index (χ2n) is 4.41. The van der Waals surface area contributed by atoms with Crippen molar-refractivity contribution in [2.75, 3.05) is 0 Å². The minimum atomic E-state index is -0.813. The van der Waals surface area contributed by atoms with Crippen molar-refractivity contribution in [3.05, 3.63) is 77.9 Å². The Labute approximate surface area is 117 Å². The smallest absolute Gasteiger partial charge is 0.122 e. The van der Waals surface area contributed by atoms with Gasteiger partial charge < -0.3 is 15.3 Å². The highest BCUT2D eigenvalue weighted by Gasteiger charge is 2.11. The molecule has 0 spiro atoms. The number of allylic oxidation sites excluding steroid dienone is 2. The standard InChI is InChI=1S/C17H16O3/c1-2-3-4-13-11-14(7-10-16(13)19)17(20)12-5-8-15(18)9-6-12/h2-11,17-20H,1H2/b4-3+. The molecular weight excluding hydrogens is 252 g/mol. The predicted octanol–water partition coefficient (Wildman–Crippen LogP) is 3.38. The van der Waals surface area contributed by atoms with Crippen LogP contribution < -0.4 is 0 Å². The number of phenols is 2. The van der Waals surface area contributed by atoms with E-state index in [1.165, 1.54) is 12.1 Å². The highest BCUT2D eigenvalue weighted by atomic mass is 16.3. The van der Waals surface area contributed by atoms with E-state index in [2.05, 4.69) is 6.58 Å². The van der Waals surface area contributed by atoms with Crippen LogP contribution in [0.2, 0.25) is 0 Å². The average Bonchev–Trinajstić information content (AvgIpc) is 2.46. The van der Waals surface area contributed by atoms with Crippen molar-refractivity contribution in [2.45, 2.75) is 6.10 Å². The maximum Gasteiger partial charge on any atom is 0.122 e. The maximum absolute atomic E-state index is 10.3. The molecule has 20 heavy (non-hydrogen) atoms. The first-order chi connectivity index (χ1) is 9.61. The van der Waals surface area contributed by atoms with Gasteiger partial charge in [0.2, 0.25) is 0 Å². The van der Waals surface area contributed by atoms with Crippen molar-refractivity contribution < 1.29 is 15.3 Å². The molecule has 0 aliphatic rings. The van der Waals surface area contributed by atoms with Crippen LogP contribution in [0.15, 0.2) is 61.2 Å². The van der Waals surface area contributed by atoms with Crippen molar-refractivity contribution >= 4 is 6.08 Å². The molecule has 102 valence electrons. The van der Waals surface area contributed by atoms with Gasteiger partial charge in [-0.1, -0.05) is 43.0 Å². The molecule has 0 amide bonds. The Morgan fingerprint density at radius 1 is 0.950 bits per heavy atom. The third-order valence-electron chi connectivity index (χ3n) is 2.99. The van der Waals surface area contributed by atoms with Crippen LogP contribution in [0.5, 0.6) is 11.5 Å². The Balaban J connectivity index is 2.34. The van der Waals surface area contributed by atoms with Gasteiger partial charge in [-0.3, -0.25) is 0 Å². The lowest BCUT2D eigenvalue weighted by atomic mass is 9.99. The third-order valence-corrected chi connectivity index (χ3v) is 2.99. The molecule has 1 atom stereocenters. The van der Waals surface area contributed by atoms with Gasteiger partial charge in [0, 0.05) is 5.56 Å². The van der Waals surface area contributed by atoms with E-state index in [1.54, 1.807) is 48.6 Å². The molecule has 0 aliphatic carbocycles. The molecule has 3 nitrogen and oxygen atoms in total. The van der Waals surface area contributed by atoms with Crippen LogP contribution in [0.25, 0.3) is 6.08 Å². The number of aliphatic hydroxyl groups is 1. The summed E-state index contributed by atoms with van der Waals surface area (Å²) in [5, 5.41) is 29.3. The molecule has 0 fully saturated rings. The lowest BCUT2D eigenvalue weighted by Gasteiger charge is -2.13. The van der Waals surface area contributed by atoms with Crippen molar-refractivity contribution in [3.8, 4) is 11.5 Å². The Kier molecular flexibility index (Phi) is 4.23. The van der Waals surface area contributed by atoms with Crippen molar-refractivity contribution in [1.82, 2.24) is 0 Å². The molecule has 3 N–H and O–H groups in total. The summed E-state index contributed by atoms with van der Waals surface area (Å²) in [6.07, 6.45) is 4.23. The fourth-order valence-corrected chi connectivity index (χ4v) is 1.90. The van der Waals surface area contributed by atoms with Gasteiger partial charge in [0.1, 0.15) is 17.6 Å². The van der Waals surface area contributed by atoms with Crippen LogP contribution in [0.1, 0.15) is 22.8 Å². The van der Waals surface area contributed by atoms with E-state index in [0.717, 1.165) is 0 Å². The summed E-state index contributed by atoms with van der Waals surface area (Å²) in [6, 6.07) is 11.3. The minimum Gasteiger partial charge on any atom is -0.508 e. The largest absolute Gasteiger partial charge is 0.508 e. The van der Waals surface area contributed by atoms with E-state index in [1.807, 2.05) is 0 Å². The van der Waals surface area contributed by atoms with Gasteiger partial charge in [0.25, 0.3) is 0 Å². The first-order valence-electron chi connectivity index (χ1n) is 6.21. The first kappa shape index (κ1) is 13.9. The number of hydrogen-bond acceptors (Lipinski definition) is 3. The fourth-order valence-electron chi connectivity index (χ4n) is 1.90. The van der Waals surface area contributed by atoms with Gasteiger partial charge in [-0.05, 0) is 35.4 Å². The van der Waals surface area contributed by atoms with Crippen LogP contribution in [-0.4, -0.2) is 15.3 Å². The van der Waals surface area contributed by atoms with Gasteiger partial charge in [0.05, 0.1) is 0 Å². The Bertz CT molecular complexity index is 627. The van der Waals surface area contributed by atoms with E-state index in [0.29, 0.717) is 16.7 Å². The molecule has 0 heterocycles. The van der Waals surface area contributed by atoms with Crippen LogP contribution in [-0.2, 0) is 0 Å². The Morgan fingerprint density at radius 3 is 2.25 bits per heavy atom. The number of aliphatic hydroxyl groups excluding tert-OH is 1. The quantitative estimate of drug-likeness (QED) is 0.745. The molecule has 3 heteroatoms. The summed E-state index contributed by atoms with van der Waals surface area (Å²) in [4.78, 5) is 0. The normalized spacial score (nSPS) is 12.4. The zero-order valence-electron chi connectivity index (χ0n) is 10.9. The van der Waals surface area contributed by atoms with E-state index < -0.39 is 6.10 Å². The SMILES string of the molecule is C=C/C=C/c1cc(C(O)c2ccc(O)cc2)ccc1O. The highest BCUT2D eigenvalue weighted by Crippen LogP contribution is 2.28. The van der Waals surface area contributed by atoms with Gasteiger partial charge >= 0.3 is 0 Å². The number of hydrogen-bond donors (Lipinski definition) is 3. The summed E-state index contributed by atoms with van der Waals surface area (Å²) >= 11 is 0. The summed E-state index contributed by atoms with van der Waals surface area (Å²) in [6.45, 7) is 3.58. The minimum absolute atomic E-state index is 0.143. The molecule has 2 aromatic rings. The van der Waals surface area contributed by atoms with Crippen LogP contribution in [0.4, 0.5) is 0 Å². The van der Waals surface area contributed by atoms with Gasteiger partial charge in [-0.15, -0.1) is 0 Å². The fraction of sp³-hybridized carbons (Fsp3) is 0.0588. The molecule has 0 saturated heterocycles. The number of phenolic OH excluding ortho intramolecular Hbond substituents is 2. The summed E-state index contributed by atoms with van der Waals surface area (Å²) in [5.41, 5.74) is 1.95. The zero-order valence-corrected chi connectivity index (χ0v) is 10.9. The van der Waals surface area contributed by atoms with Crippen molar-refractivity contribution in [2.24, 2.45) is 0 Å². The molecule has 2 aromatic carbocycles. The molecule has 1 unspecified atom stereocenters. The number of rotatable bonds is 4.